The molecule has 0 heterocycles. The van der Waals surface area contributed by atoms with Gasteiger partial charge in [0.15, 0.2) is 17.5 Å². The second-order valence-electron chi connectivity index (χ2n) is 6.19. The van der Waals surface area contributed by atoms with Gasteiger partial charge in [-0.05, 0) is 45.3 Å². The molecule has 0 aliphatic carbocycles. The summed E-state index contributed by atoms with van der Waals surface area (Å²) in [4.78, 5) is 13.4. The Kier molecular flexibility index (Phi) is 13.6. The van der Waals surface area contributed by atoms with Gasteiger partial charge < -0.3 is 5.32 Å². The van der Waals surface area contributed by atoms with Crippen molar-refractivity contribution in [2.24, 2.45) is 0 Å². The van der Waals surface area contributed by atoms with Gasteiger partial charge in [0.05, 0.1) is 0 Å². The number of hydrogen-bond donors (Lipinski definition) is 1. The Bertz CT molecular complexity index is 790. The number of allylic oxidation sites excluding steroid dienone is 4. The van der Waals surface area contributed by atoms with Crippen LogP contribution < -0.4 is 5.32 Å². The van der Waals surface area contributed by atoms with Crippen LogP contribution in [0.3, 0.4) is 0 Å². The first-order chi connectivity index (χ1) is 14.2. The zero-order valence-corrected chi connectivity index (χ0v) is 19.4. The van der Waals surface area contributed by atoms with Gasteiger partial charge in [0.25, 0.3) is 5.91 Å². The highest BCUT2D eigenvalue weighted by Crippen LogP contribution is 2.32. The summed E-state index contributed by atoms with van der Waals surface area (Å²) in [6.07, 6.45) is 9.25. The predicted octanol–water partition coefficient (Wildman–Crippen LogP) is 7.95. The highest BCUT2D eigenvalue weighted by atomic mass is 32.2. The molecule has 30 heavy (non-hydrogen) atoms. The molecule has 0 aliphatic heterocycles. The van der Waals surface area contributed by atoms with Crippen LogP contribution in [0.4, 0.5) is 18.9 Å². The van der Waals surface area contributed by atoms with Crippen molar-refractivity contribution in [1.82, 2.24) is 0 Å². The third-order valence-electron chi connectivity index (χ3n) is 3.91. The van der Waals surface area contributed by atoms with Gasteiger partial charge in [0.2, 0.25) is 0 Å². The lowest BCUT2D eigenvalue weighted by Gasteiger charge is -2.16. The van der Waals surface area contributed by atoms with E-state index in [4.69, 9.17) is 0 Å². The van der Waals surface area contributed by atoms with Crippen molar-refractivity contribution >= 4 is 23.4 Å². The first-order valence-electron chi connectivity index (χ1n) is 10.0. The lowest BCUT2D eigenvalue weighted by Crippen LogP contribution is -2.14. The molecule has 0 radical (unpaired) electrons. The summed E-state index contributed by atoms with van der Waals surface area (Å²) in [6, 6.07) is 1.48. The fraction of sp³-hybridized carbons (Fsp3) is 0.375. The maximum atomic E-state index is 13.4. The molecule has 1 amide bonds. The van der Waals surface area contributed by atoms with E-state index in [1.807, 2.05) is 33.8 Å². The lowest BCUT2D eigenvalue weighted by molar-refractivity contribution is -0.112. The van der Waals surface area contributed by atoms with E-state index < -0.39 is 23.4 Å². The molecule has 6 heteroatoms. The molecule has 1 aromatic carbocycles. The van der Waals surface area contributed by atoms with Crippen molar-refractivity contribution < 1.29 is 18.0 Å². The van der Waals surface area contributed by atoms with Gasteiger partial charge >= 0.3 is 0 Å². The average molecular weight is 440 g/mol. The van der Waals surface area contributed by atoms with E-state index in [0.717, 1.165) is 35.5 Å². The van der Waals surface area contributed by atoms with Crippen LogP contribution in [0.15, 0.2) is 59.1 Å². The number of nitrogens with one attached hydrogen (secondary N) is 1. The summed E-state index contributed by atoms with van der Waals surface area (Å²) in [7, 11) is 0. The Hall–Kier alpha value is -2.21. The SMILES string of the molecule is C=C(C)/C(=C\C(=C/C)C(=O)Nc1cc(F)c(F)c(F)c1)SC(CC)C/C=C\C.CC. The van der Waals surface area contributed by atoms with Gasteiger partial charge in [-0.1, -0.05) is 45.6 Å². The summed E-state index contributed by atoms with van der Waals surface area (Å²) in [5.74, 6) is -4.84. The molecule has 0 saturated carbocycles. The van der Waals surface area contributed by atoms with E-state index in [1.165, 1.54) is 0 Å². The van der Waals surface area contributed by atoms with Gasteiger partial charge in [-0.15, -0.1) is 11.8 Å². The van der Waals surface area contributed by atoms with E-state index in [0.29, 0.717) is 10.8 Å². The van der Waals surface area contributed by atoms with Gasteiger partial charge in [0.1, 0.15) is 0 Å². The summed E-state index contributed by atoms with van der Waals surface area (Å²) in [5.41, 5.74) is 0.977. The molecule has 1 aromatic rings. The first-order valence-corrected chi connectivity index (χ1v) is 10.9. The van der Waals surface area contributed by atoms with Crippen LogP contribution in [-0.4, -0.2) is 11.2 Å². The zero-order valence-electron chi connectivity index (χ0n) is 18.6. The van der Waals surface area contributed by atoms with Gasteiger partial charge in [0, 0.05) is 33.5 Å². The fourth-order valence-electron chi connectivity index (χ4n) is 2.28. The molecular formula is C24H32F3NOS. The number of thioether (sulfide) groups is 1. The molecule has 0 aliphatic rings. The summed E-state index contributed by atoms with van der Waals surface area (Å²) >= 11 is 1.63. The summed E-state index contributed by atoms with van der Waals surface area (Å²) in [6.45, 7) is 15.6. The van der Waals surface area contributed by atoms with E-state index in [9.17, 15) is 18.0 Å². The Morgan fingerprint density at radius 2 is 1.77 bits per heavy atom. The number of halogens is 3. The molecular weight excluding hydrogens is 407 g/mol. The zero-order chi connectivity index (χ0) is 23.3. The predicted molar refractivity (Wildman–Crippen MR) is 124 cm³/mol. The van der Waals surface area contributed by atoms with Crippen molar-refractivity contribution in [2.45, 2.75) is 59.6 Å². The van der Waals surface area contributed by atoms with Crippen LogP contribution in [0.25, 0.3) is 0 Å². The Morgan fingerprint density at radius 3 is 2.20 bits per heavy atom. The van der Waals surface area contributed by atoms with E-state index in [-0.39, 0.29) is 5.69 Å². The standard InChI is InChI=1S/C22H26F3NOS.C2H6/c1-6-9-10-17(8-3)28-20(14(4)5)11-15(7-2)22(27)26-16-12-18(23)21(25)19(24)13-16;1-2/h6-7,9,11-13,17H,4,8,10H2,1-3,5H3,(H,26,27);1-2H3/b9-6-,15-7+,20-11+;. The number of anilines is 1. The molecule has 166 valence electrons. The van der Waals surface area contributed by atoms with Crippen LogP contribution >= 0.6 is 11.8 Å². The molecule has 1 rings (SSSR count). The number of benzene rings is 1. The molecule has 0 bridgehead atoms. The minimum atomic E-state index is -1.57. The minimum Gasteiger partial charge on any atom is -0.322 e. The van der Waals surface area contributed by atoms with Crippen molar-refractivity contribution in [3.05, 3.63) is 76.5 Å². The molecule has 0 saturated heterocycles. The monoisotopic (exact) mass is 439 g/mol. The van der Waals surface area contributed by atoms with Crippen molar-refractivity contribution in [1.29, 1.82) is 0 Å². The highest BCUT2D eigenvalue weighted by molar-refractivity contribution is 8.03. The maximum absolute atomic E-state index is 13.4. The van der Waals surface area contributed by atoms with E-state index in [1.54, 1.807) is 30.8 Å². The smallest absolute Gasteiger partial charge is 0.255 e. The van der Waals surface area contributed by atoms with Crippen LogP contribution in [0.1, 0.15) is 54.4 Å². The summed E-state index contributed by atoms with van der Waals surface area (Å²) < 4.78 is 39.8. The molecule has 1 atom stereocenters. The quantitative estimate of drug-likeness (QED) is 0.183. The first kappa shape index (κ1) is 27.8. The number of carbonyl (C=O) groups excluding carboxylic acids is 1. The van der Waals surface area contributed by atoms with Crippen LogP contribution in [0, 0.1) is 17.5 Å². The van der Waals surface area contributed by atoms with Crippen molar-refractivity contribution in [2.75, 3.05) is 5.32 Å². The third kappa shape index (κ3) is 9.08. The molecule has 2 nitrogen and oxygen atoms in total. The van der Waals surface area contributed by atoms with Crippen molar-refractivity contribution in [3.63, 3.8) is 0 Å². The third-order valence-corrected chi connectivity index (χ3v) is 5.49. The molecule has 1 unspecified atom stereocenters. The second kappa shape index (κ2) is 14.7. The Balaban J connectivity index is 0.00000407. The number of hydrogen-bond acceptors (Lipinski definition) is 2. The Morgan fingerprint density at radius 1 is 1.20 bits per heavy atom. The summed E-state index contributed by atoms with van der Waals surface area (Å²) in [5, 5.41) is 2.73. The van der Waals surface area contributed by atoms with Gasteiger partial charge in [-0.25, -0.2) is 13.2 Å². The largest absolute Gasteiger partial charge is 0.322 e. The van der Waals surface area contributed by atoms with Gasteiger partial charge in [-0.3, -0.25) is 4.79 Å². The van der Waals surface area contributed by atoms with E-state index in [2.05, 4.69) is 24.9 Å². The topological polar surface area (TPSA) is 29.1 Å². The van der Waals surface area contributed by atoms with Crippen LogP contribution in [0.2, 0.25) is 0 Å². The number of rotatable bonds is 9. The minimum absolute atomic E-state index is 0.154. The number of amides is 1. The van der Waals surface area contributed by atoms with E-state index >= 15 is 0 Å². The fourth-order valence-corrected chi connectivity index (χ4v) is 3.40. The Labute approximate surface area is 183 Å². The number of carbonyl (C=O) groups is 1. The second-order valence-corrected chi connectivity index (χ2v) is 7.54. The molecule has 0 fully saturated rings. The molecule has 1 N–H and O–H groups in total. The van der Waals surface area contributed by atoms with Crippen LogP contribution in [-0.2, 0) is 4.79 Å². The highest BCUT2D eigenvalue weighted by Gasteiger charge is 2.15. The average Bonchev–Trinajstić information content (AvgIpc) is 2.72. The maximum Gasteiger partial charge on any atom is 0.255 e. The van der Waals surface area contributed by atoms with Crippen LogP contribution in [0.5, 0.6) is 0 Å². The van der Waals surface area contributed by atoms with Crippen molar-refractivity contribution in [3.8, 4) is 0 Å². The molecule has 0 spiro atoms. The molecule has 0 aromatic heterocycles. The normalized spacial score (nSPS) is 13.0. The van der Waals surface area contributed by atoms with Gasteiger partial charge in [-0.2, -0.15) is 0 Å². The lowest BCUT2D eigenvalue weighted by atomic mass is 10.1.